The number of carbonyl (C=O) groups excluding carboxylic acids is 1. The van der Waals surface area contributed by atoms with Gasteiger partial charge in [0.05, 0.1) is 17.0 Å². The summed E-state index contributed by atoms with van der Waals surface area (Å²) in [6.07, 6.45) is 0.855. The van der Waals surface area contributed by atoms with Gasteiger partial charge in [0.15, 0.2) is 9.84 Å². The van der Waals surface area contributed by atoms with E-state index in [-0.39, 0.29) is 39.7 Å². The topological polar surface area (TPSA) is 76.1 Å². The van der Waals surface area contributed by atoms with Gasteiger partial charge in [-0.1, -0.05) is 19.8 Å². The SMILES string of the molecule is CCCS(=O)(=O)C[C@H]1C[C@@](CNC(=O)c2c(C)cc(C(F)(F)F)nc2C)(CC2CC2)C1. The molecule has 2 aliphatic rings. The van der Waals surface area contributed by atoms with E-state index in [4.69, 9.17) is 0 Å². The Morgan fingerprint density at radius 1 is 1.23 bits per heavy atom. The third kappa shape index (κ3) is 5.99. The fourth-order valence-corrected chi connectivity index (χ4v) is 6.77. The van der Waals surface area contributed by atoms with Crippen LogP contribution >= 0.6 is 0 Å². The van der Waals surface area contributed by atoms with E-state index in [0.717, 1.165) is 38.2 Å². The van der Waals surface area contributed by atoms with Crippen LogP contribution in [0.2, 0.25) is 0 Å². The Hall–Kier alpha value is -1.64. The summed E-state index contributed by atoms with van der Waals surface area (Å²) in [5, 5.41) is 2.91. The fraction of sp³-hybridized carbons (Fsp3) is 0.727. The highest BCUT2D eigenvalue weighted by atomic mass is 32.2. The summed E-state index contributed by atoms with van der Waals surface area (Å²) in [6, 6.07) is 0.903. The van der Waals surface area contributed by atoms with Crippen LogP contribution < -0.4 is 5.32 Å². The van der Waals surface area contributed by atoms with Crippen molar-refractivity contribution in [3.05, 3.63) is 28.6 Å². The highest BCUT2D eigenvalue weighted by Gasteiger charge is 2.48. The Morgan fingerprint density at radius 3 is 2.39 bits per heavy atom. The Balaban J connectivity index is 1.66. The van der Waals surface area contributed by atoms with Crippen LogP contribution in [-0.4, -0.2) is 37.4 Å². The van der Waals surface area contributed by atoms with Crippen molar-refractivity contribution in [2.75, 3.05) is 18.1 Å². The van der Waals surface area contributed by atoms with Crippen molar-refractivity contribution in [2.45, 2.75) is 65.5 Å². The molecule has 1 aromatic rings. The molecular weight excluding hydrogens is 429 g/mol. The van der Waals surface area contributed by atoms with Crippen LogP contribution in [-0.2, 0) is 16.0 Å². The van der Waals surface area contributed by atoms with Crippen LogP contribution in [0.15, 0.2) is 6.07 Å². The molecule has 1 N–H and O–H groups in total. The Bertz CT molecular complexity index is 911. The van der Waals surface area contributed by atoms with Gasteiger partial charge in [0.25, 0.3) is 5.91 Å². The average molecular weight is 461 g/mol. The lowest BCUT2D eigenvalue weighted by Gasteiger charge is -2.48. The number of rotatable bonds is 9. The first-order valence-corrected chi connectivity index (χ1v) is 12.7. The minimum atomic E-state index is -4.56. The molecule has 2 aliphatic carbocycles. The second-order valence-electron chi connectivity index (χ2n) is 9.50. The molecule has 9 heteroatoms. The van der Waals surface area contributed by atoms with E-state index in [1.54, 1.807) is 0 Å². The van der Waals surface area contributed by atoms with E-state index in [0.29, 0.717) is 18.9 Å². The molecule has 5 nitrogen and oxygen atoms in total. The molecule has 2 saturated carbocycles. The number of hydrogen-bond donors (Lipinski definition) is 1. The average Bonchev–Trinajstić information content (AvgIpc) is 3.40. The number of carbonyl (C=O) groups is 1. The molecule has 0 atom stereocenters. The second-order valence-corrected chi connectivity index (χ2v) is 11.7. The highest BCUT2D eigenvalue weighted by molar-refractivity contribution is 7.91. The van der Waals surface area contributed by atoms with Gasteiger partial charge in [0, 0.05) is 12.3 Å². The number of aromatic nitrogens is 1. The minimum absolute atomic E-state index is 0.0539. The molecule has 0 aromatic carbocycles. The number of nitrogens with zero attached hydrogens (tertiary/aromatic N) is 1. The van der Waals surface area contributed by atoms with Gasteiger partial charge in [-0.25, -0.2) is 13.4 Å². The van der Waals surface area contributed by atoms with E-state index in [9.17, 15) is 26.4 Å². The van der Waals surface area contributed by atoms with E-state index in [2.05, 4.69) is 10.3 Å². The fourth-order valence-electron chi connectivity index (χ4n) is 5.03. The maximum absolute atomic E-state index is 13.0. The van der Waals surface area contributed by atoms with Crippen molar-refractivity contribution in [3.8, 4) is 0 Å². The van der Waals surface area contributed by atoms with E-state index >= 15 is 0 Å². The van der Waals surface area contributed by atoms with Gasteiger partial charge in [0.1, 0.15) is 5.69 Å². The summed E-state index contributed by atoms with van der Waals surface area (Å²) in [7, 11) is -3.04. The largest absolute Gasteiger partial charge is 0.433 e. The standard InChI is InChI=1S/C22H31F3N2O3S/c1-4-7-31(29,30)12-17-10-21(11-17,9-16-5-6-16)13-26-20(28)19-14(2)8-18(22(23,24)25)27-15(19)3/h8,16-17H,4-7,9-13H2,1-3H3,(H,26,28)/t17-,21-. The maximum Gasteiger partial charge on any atom is 0.433 e. The number of alkyl halides is 3. The van der Waals surface area contributed by atoms with Crippen molar-refractivity contribution in [2.24, 2.45) is 17.3 Å². The third-order valence-corrected chi connectivity index (χ3v) is 8.42. The van der Waals surface area contributed by atoms with Gasteiger partial charge in [-0.05, 0) is 68.4 Å². The van der Waals surface area contributed by atoms with Gasteiger partial charge in [0.2, 0.25) is 0 Å². The van der Waals surface area contributed by atoms with Crippen LogP contribution in [0.25, 0.3) is 0 Å². The quantitative estimate of drug-likeness (QED) is 0.590. The summed E-state index contributed by atoms with van der Waals surface area (Å²) >= 11 is 0. The maximum atomic E-state index is 13.0. The van der Waals surface area contributed by atoms with Gasteiger partial charge in [-0.2, -0.15) is 13.2 Å². The first-order chi connectivity index (χ1) is 14.3. The lowest BCUT2D eigenvalue weighted by Crippen LogP contribution is -2.48. The van der Waals surface area contributed by atoms with Crippen LogP contribution in [0.5, 0.6) is 0 Å². The Morgan fingerprint density at radius 2 is 1.87 bits per heavy atom. The molecule has 0 saturated heterocycles. The van der Waals surface area contributed by atoms with Gasteiger partial charge in [-0.3, -0.25) is 4.79 Å². The first kappa shape index (κ1) is 24.0. The van der Waals surface area contributed by atoms with Crippen molar-refractivity contribution < 1.29 is 26.4 Å². The number of nitrogens with one attached hydrogen (secondary N) is 1. The normalized spacial score (nSPS) is 24.0. The molecule has 1 amide bonds. The van der Waals surface area contributed by atoms with Crippen molar-refractivity contribution in [1.82, 2.24) is 10.3 Å². The van der Waals surface area contributed by atoms with Crippen LogP contribution in [0, 0.1) is 31.1 Å². The molecule has 0 aliphatic heterocycles. The zero-order valence-electron chi connectivity index (χ0n) is 18.3. The van der Waals surface area contributed by atoms with Crippen LogP contribution in [0.1, 0.15) is 72.8 Å². The second kappa shape index (κ2) is 8.71. The lowest BCUT2D eigenvalue weighted by molar-refractivity contribution is -0.141. The van der Waals surface area contributed by atoms with Gasteiger partial charge < -0.3 is 5.32 Å². The molecule has 2 fully saturated rings. The summed E-state index contributed by atoms with van der Waals surface area (Å²) in [5.74, 6) is 0.718. The molecule has 0 spiro atoms. The van der Waals surface area contributed by atoms with E-state index < -0.39 is 27.6 Å². The molecule has 1 heterocycles. The van der Waals surface area contributed by atoms with Crippen molar-refractivity contribution >= 4 is 15.7 Å². The van der Waals surface area contributed by atoms with Gasteiger partial charge >= 0.3 is 6.18 Å². The summed E-state index contributed by atoms with van der Waals surface area (Å²) in [6.45, 7) is 5.16. The van der Waals surface area contributed by atoms with Crippen LogP contribution in [0.4, 0.5) is 13.2 Å². The number of pyridine rings is 1. The lowest BCUT2D eigenvalue weighted by atomic mass is 9.60. The zero-order valence-corrected chi connectivity index (χ0v) is 19.1. The number of hydrogen-bond acceptors (Lipinski definition) is 4. The molecule has 0 radical (unpaired) electrons. The molecule has 174 valence electrons. The molecule has 1 aromatic heterocycles. The summed E-state index contributed by atoms with van der Waals surface area (Å²) < 4.78 is 63.2. The Labute approximate surface area is 182 Å². The molecule has 3 rings (SSSR count). The monoisotopic (exact) mass is 460 g/mol. The van der Waals surface area contributed by atoms with Crippen LogP contribution in [0.3, 0.4) is 0 Å². The number of amides is 1. The Kier molecular flexibility index (Phi) is 6.75. The van der Waals surface area contributed by atoms with E-state index in [1.165, 1.54) is 13.8 Å². The number of halogens is 3. The van der Waals surface area contributed by atoms with Crippen molar-refractivity contribution in [1.29, 1.82) is 0 Å². The molecule has 0 unspecified atom stereocenters. The molecular formula is C22H31F3N2O3S. The summed E-state index contributed by atoms with van der Waals surface area (Å²) in [5.41, 5.74) is -0.649. The first-order valence-electron chi connectivity index (χ1n) is 10.9. The number of sulfone groups is 1. The van der Waals surface area contributed by atoms with Gasteiger partial charge in [-0.15, -0.1) is 0 Å². The molecule has 0 bridgehead atoms. The third-order valence-electron chi connectivity index (χ3n) is 6.41. The zero-order chi connectivity index (χ0) is 23.0. The number of aryl methyl sites for hydroxylation is 2. The summed E-state index contributed by atoms with van der Waals surface area (Å²) in [4.78, 5) is 16.4. The van der Waals surface area contributed by atoms with Crippen molar-refractivity contribution in [3.63, 3.8) is 0 Å². The predicted octanol–water partition coefficient (Wildman–Crippen LogP) is 4.47. The predicted molar refractivity (Wildman–Crippen MR) is 112 cm³/mol. The smallest absolute Gasteiger partial charge is 0.351 e. The molecule has 31 heavy (non-hydrogen) atoms. The van der Waals surface area contributed by atoms with E-state index in [1.807, 2.05) is 6.92 Å². The highest BCUT2D eigenvalue weighted by Crippen LogP contribution is 2.54. The minimum Gasteiger partial charge on any atom is -0.351 e.